The van der Waals surface area contributed by atoms with Gasteiger partial charge in [-0.1, -0.05) is 12.1 Å². The summed E-state index contributed by atoms with van der Waals surface area (Å²) in [6.45, 7) is 3.36. The predicted molar refractivity (Wildman–Crippen MR) is 74.9 cm³/mol. The zero-order valence-corrected chi connectivity index (χ0v) is 11.3. The first-order valence-electron chi connectivity index (χ1n) is 6.55. The normalized spacial score (nSPS) is 10.2. The molecule has 0 aliphatic rings. The van der Waals surface area contributed by atoms with E-state index in [1.165, 1.54) is 0 Å². The highest BCUT2D eigenvalue weighted by atomic mass is 16.5. The Balaban J connectivity index is 2.27. The topological polar surface area (TPSA) is 75.8 Å². The third-order valence-electron chi connectivity index (χ3n) is 2.82. The molecule has 0 atom stereocenters. The highest BCUT2D eigenvalue weighted by Gasteiger charge is 2.10. The minimum absolute atomic E-state index is 0.00334. The molecule has 0 aliphatic carbocycles. The number of nitrogen functional groups attached to an aromatic ring is 1. The molecule has 0 saturated carbocycles. The summed E-state index contributed by atoms with van der Waals surface area (Å²) in [5.74, 6) is 0.693. The minimum Gasteiger partial charge on any atom is -0.491 e. The number of nitrogens with zero attached hydrogens (tertiary/aromatic N) is 1. The van der Waals surface area contributed by atoms with Crippen LogP contribution in [0, 0.1) is 0 Å². The Morgan fingerprint density at radius 1 is 1.42 bits per heavy atom. The van der Waals surface area contributed by atoms with Crippen molar-refractivity contribution < 1.29 is 14.6 Å². The lowest BCUT2D eigenvalue weighted by molar-refractivity contribution is -0.131. The lowest BCUT2D eigenvalue weighted by atomic mass is 10.2. The monoisotopic (exact) mass is 266 g/mol. The maximum Gasteiger partial charge on any atom is 0.222 e. The van der Waals surface area contributed by atoms with Gasteiger partial charge in [0.05, 0.1) is 18.9 Å². The van der Waals surface area contributed by atoms with E-state index in [4.69, 9.17) is 15.6 Å². The van der Waals surface area contributed by atoms with Crippen molar-refractivity contribution in [3.8, 4) is 5.75 Å². The molecule has 0 aliphatic heterocycles. The molecule has 0 heterocycles. The van der Waals surface area contributed by atoms with Crippen molar-refractivity contribution in [3.63, 3.8) is 0 Å². The van der Waals surface area contributed by atoms with E-state index in [-0.39, 0.29) is 12.5 Å². The van der Waals surface area contributed by atoms with E-state index in [0.29, 0.717) is 44.0 Å². The van der Waals surface area contributed by atoms with Crippen molar-refractivity contribution in [2.24, 2.45) is 0 Å². The van der Waals surface area contributed by atoms with E-state index in [1.807, 2.05) is 19.1 Å². The van der Waals surface area contributed by atoms with E-state index in [9.17, 15) is 4.79 Å². The van der Waals surface area contributed by atoms with Gasteiger partial charge in [0, 0.05) is 19.5 Å². The van der Waals surface area contributed by atoms with Crippen LogP contribution >= 0.6 is 0 Å². The predicted octanol–water partition coefficient (Wildman–Crippen LogP) is 1.27. The van der Waals surface area contributed by atoms with Gasteiger partial charge in [-0.05, 0) is 25.5 Å². The number of anilines is 1. The smallest absolute Gasteiger partial charge is 0.222 e. The number of ether oxygens (including phenoxy) is 1. The van der Waals surface area contributed by atoms with Crippen LogP contribution in [0.3, 0.4) is 0 Å². The highest BCUT2D eigenvalue weighted by molar-refractivity contribution is 5.76. The lowest BCUT2D eigenvalue weighted by Crippen LogP contribution is -2.33. The molecule has 0 fully saturated rings. The summed E-state index contributed by atoms with van der Waals surface area (Å²) in [7, 11) is 0. The van der Waals surface area contributed by atoms with Gasteiger partial charge in [-0.2, -0.15) is 0 Å². The Labute approximate surface area is 114 Å². The molecule has 1 amide bonds. The van der Waals surface area contributed by atoms with Crippen LogP contribution in [0.15, 0.2) is 24.3 Å². The van der Waals surface area contributed by atoms with E-state index >= 15 is 0 Å². The van der Waals surface area contributed by atoms with Crippen LogP contribution in [0.2, 0.25) is 0 Å². The van der Waals surface area contributed by atoms with Gasteiger partial charge >= 0.3 is 0 Å². The number of para-hydroxylation sites is 2. The Hall–Kier alpha value is -1.75. The summed E-state index contributed by atoms with van der Waals surface area (Å²) in [6.07, 6.45) is 1.05. The SMILES string of the molecule is CCN(CCO)C(=O)CCCOc1ccccc1N. The first-order chi connectivity index (χ1) is 9.19. The second-order valence-corrected chi connectivity index (χ2v) is 4.19. The Kier molecular flexibility index (Phi) is 6.74. The molecule has 0 radical (unpaired) electrons. The average molecular weight is 266 g/mol. The molecule has 0 unspecified atom stereocenters. The molecule has 1 aromatic carbocycles. The fourth-order valence-corrected chi connectivity index (χ4v) is 1.76. The van der Waals surface area contributed by atoms with Gasteiger partial charge < -0.3 is 20.5 Å². The van der Waals surface area contributed by atoms with Crippen LogP contribution < -0.4 is 10.5 Å². The zero-order valence-electron chi connectivity index (χ0n) is 11.3. The third kappa shape index (κ3) is 5.18. The number of benzene rings is 1. The number of aliphatic hydroxyl groups is 1. The van der Waals surface area contributed by atoms with Gasteiger partial charge in [-0.15, -0.1) is 0 Å². The molecule has 0 bridgehead atoms. The molecule has 5 heteroatoms. The van der Waals surface area contributed by atoms with Crippen LogP contribution in [0.4, 0.5) is 5.69 Å². The second kappa shape index (κ2) is 8.37. The van der Waals surface area contributed by atoms with Gasteiger partial charge in [0.25, 0.3) is 0 Å². The van der Waals surface area contributed by atoms with Crippen LogP contribution in [0.5, 0.6) is 5.75 Å². The maximum atomic E-state index is 11.8. The zero-order chi connectivity index (χ0) is 14.1. The van der Waals surface area contributed by atoms with Gasteiger partial charge in [0.1, 0.15) is 5.75 Å². The number of rotatable bonds is 8. The average Bonchev–Trinajstić information content (AvgIpc) is 2.42. The Morgan fingerprint density at radius 2 is 2.16 bits per heavy atom. The third-order valence-corrected chi connectivity index (χ3v) is 2.82. The first-order valence-corrected chi connectivity index (χ1v) is 6.55. The molecule has 106 valence electrons. The van der Waals surface area contributed by atoms with E-state index < -0.39 is 0 Å². The fourth-order valence-electron chi connectivity index (χ4n) is 1.76. The highest BCUT2D eigenvalue weighted by Crippen LogP contribution is 2.19. The summed E-state index contributed by atoms with van der Waals surface area (Å²) in [5.41, 5.74) is 6.35. The van der Waals surface area contributed by atoms with Gasteiger partial charge in [0.15, 0.2) is 0 Å². The number of carbonyl (C=O) groups is 1. The Morgan fingerprint density at radius 3 is 2.79 bits per heavy atom. The molecule has 3 N–H and O–H groups in total. The van der Waals surface area contributed by atoms with E-state index in [1.54, 1.807) is 17.0 Å². The summed E-state index contributed by atoms with van der Waals surface area (Å²) < 4.78 is 5.52. The molecule has 1 aromatic rings. The number of nitrogens with two attached hydrogens (primary N) is 1. The standard InChI is InChI=1S/C14H22N2O3/c1-2-16(9-10-17)14(18)8-5-11-19-13-7-4-3-6-12(13)15/h3-4,6-7,17H,2,5,8-11,15H2,1H3. The number of likely N-dealkylation sites (N-methyl/N-ethyl adjacent to an activating group) is 1. The number of hydrogen-bond donors (Lipinski definition) is 2. The van der Waals surface area contributed by atoms with Crippen LogP contribution in [-0.2, 0) is 4.79 Å². The summed E-state index contributed by atoms with van der Waals surface area (Å²) in [5, 5.41) is 8.83. The second-order valence-electron chi connectivity index (χ2n) is 4.19. The van der Waals surface area contributed by atoms with Crippen molar-refractivity contribution in [2.75, 3.05) is 32.0 Å². The molecule has 0 aromatic heterocycles. The number of aliphatic hydroxyl groups excluding tert-OH is 1. The first kappa shape index (κ1) is 15.3. The summed E-state index contributed by atoms with van der Waals surface area (Å²) in [6, 6.07) is 7.29. The van der Waals surface area contributed by atoms with Crippen molar-refractivity contribution in [1.29, 1.82) is 0 Å². The van der Waals surface area contributed by atoms with Gasteiger partial charge in [-0.3, -0.25) is 4.79 Å². The van der Waals surface area contributed by atoms with E-state index in [0.717, 1.165) is 0 Å². The van der Waals surface area contributed by atoms with Crippen LogP contribution in [0.25, 0.3) is 0 Å². The number of carbonyl (C=O) groups excluding carboxylic acids is 1. The molecule has 19 heavy (non-hydrogen) atoms. The molecule has 5 nitrogen and oxygen atoms in total. The molecule has 0 spiro atoms. The summed E-state index contributed by atoms with van der Waals surface area (Å²) >= 11 is 0. The maximum absolute atomic E-state index is 11.8. The molecule has 1 rings (SSSR count). The van der Waals surface area contributed by atoms with E-state index in [2.05, 4.69) is 0 Å². The van der Waals surface area contributed by atoms with Crippen molar-refractivity contribution in [1.82, 2.24) is 4.90 Å². The Bertz CT molecular complexity index is 396. The molecule has 0 saturated heterocycles. The number of amides is 1. The molecular formula is C14H22N2O3. The van der Waals surface area contributed by atoms with Crippen LogP contribution in [0.1, 0.15) is 19.8 Å². The number of hydrogen-bond acceptors (Lipinski definition) is 4. The van der Waals surface area contributed by atoms with Crippen molar-refractivity contribution in [3.05, 3.63) is 24.3 Å². The minimum atomic E-state index is -0.00334. The van der Waals surface area contributed by atoms with Gasteiger partial charge in [0.2, 0.25) is 5.91 Å². The largest absolute Gasteiger partial charge is 0.491 e. The molecular weight excluding hydrogens is 244 g/mol. The van der Waals surface area contributed by atoms with Gasteiger partial charge in [-0.25, -0.2) is 0 Å². The van der Waals surface area contributed by atoms with Crippen molar-refractivity contribution >= 4 is 11.6 Å². The lowest BCUT2D eigenvalue weighted by Gasteiger charge is -2.19. The summed E-state index contributed by atoms with van der Waals surface area (Å²) in [4.78, 5) is 13.4. The van der Waals surface area contributed by atoms with Crippen molar-refractivity contribution in [2.45, 2.75) is 19.8 Å². The fraction of sp³-hybridized carbons (Fsp3) is 0.500. The van der Waals surface area contributed by atoms with Crippen LogP contribution in [-0.4, -0.2) is 42.2 Å². The quantitative estimate of drug-likeness (QED) is 0.549.